The number of hydrogen-bond donors (Lipinski definition) is 0. The second-order valence-corrected chi connectivity index (χ2v) is 14.9. The largest absolute Gasteiger partial charge is 0.496 e. The highest BCUT2D eigenvalue weighted by Crippen LogP contribution is 2.42. The average Bonchev–Trinajstić information content (AvgIpc) is 3.27. The van der Waals surface area contributed by atoms with E-state index in [2.05, 4.69) is 84.7 Å². The van der Waals surface area contributed by atoms with Crippen molar-refractivity contribution in [2.45, 2.75) is 98.8 Å². The summed E-state index contributed by atoms with van der Waals surface area (Å²) in [4.78, 5) is 14.0. The summed E-state index contributed by atoms with van der Waals surface area (Å²) in [6, 6.07) is 26.4. The molecule has 1 unspecified atom stereocenters. The molecule has 0 bridgehead atoms. The molecule has 4 aromatic rings. The third-order valence-electron chi connectivity index (χ3n) is 10.9. The molecule has 4 aromatic carbocycles. The Morgan fingerprint density at radius 1 is 0.517 bits per heavy atom. The van der Waals surface area contributed by atoms with E-state index in [9.17, 15) is 4.79 Å². The van der Waals surface area contributed by atoms with Crippen LogP contribution in [0.1, 0.15) is 123 Å². The van der Waals surface area contributed by atoms with E-state index in [1.165, 1.54) is 12.0 Å². The molecule has 0 aromatic heterocycles. The summed E-state index contributed by atoms with van der Waals surface area (Å²) in [5.74, 6) is 3.55. The van der Waals surface area contributed by atoms with Gasteiger partial charge in [-0.15, -0.1) is 0 Å². The van der Waals surface area contributed by atoms with Gasteiger partial charge >= 0.3 is 0 Å². The van der Waals surface area contributed by atoms with Crippen LogP contribution in [0.3, 0.4) is 0 Å². The predicted octanol–water partition coefficient (Wildman–Crippen LogP) is 13.4. The van der Waals surface area contributed by atoms with Gasteiger partial charge in [0.1, 0.15) is 17.3 Å². The van der Waals surface area contributed by atoms with Crippen molar-refractivity contribution in [1.82, 2.24) is 0 Å². The van der Waals surface area contributed by atoms with Gasteiger partial charge in [0.15, 0.2) is 17.3 Å². The zero-order chi connectivity index (χ0) is 42.7. The van der Waals surface area contributed by atoms with Gasteiger partial charge in [-0.3, -0.25) is 4.79 Å². The summed E-state index contributed by atoms with van der Waals surface area (Å²) in [5, 5.41) is 0. The Labute approximate surface area is 349 Å². The summed E-state index contributed by atoms with van der Waals surface area (Å²) in [5.41, 5.74) is 8.68. The maximum atomic E-state index is 14.0. The van der Waals surface area contributed by atoms with Crippen LogP contribution in [-0.2, 0) is 24.0 Å². The zero-order valence-corrected chi connectivity index (χ0v) is 36.9. The minimum atomic E-state index is -0.433. The Bertz CT molecular complexity index is 1780. The van der Waals surface area contributed by atoms with Gasteiger partial charge in [-0.25, -0.2) is 0 Å². The first-order chi connectivity index (χ1) is 27.9. The summed E-state index contributed by atoms with van der Waals surface area (Å²) in [7, 11) is 6.60. The summed E-state index contributed by atoms with van der Waals surface area (Å²) >= 11 is 0. The van der Waals surface area contributed by atoms with E-state index in [-0.39, 0.29) is 5.78 Å². The molecule has 0 spiro atoms. The van der Waals surface area contributed by atoms with E-state index in [4.69, 9.17) is 23.7 Å². The first-order valence-corrected chi connectivity index (χ1v) is 20.8. The zero-order valence-electron chi connectivity index (χ0n) is 36.9. The van der Waals surface area contributed by atoms with Gasteiger partial charge in [0.25, 0.3) is 0 Å². The minimum absolute atomic E-state index is 0.0691. The lowest BCUT2D eigenvalue weighted by atomic mass is 9.73. The van der Waals surface area contributed by atoms with Crippen molar-refractivity contribution < 1.29 is 28.5 Å². The molecule has 6 heteroatoms. The van der Waals surface area contributed by atoms with E-state index in [0.717, 1.165) is 89.0 Å². The molecule has 0 fully saturated rings. The van der Waals surface area contributed by atoms with Crippen molar-refractivity contribution in [2.75, 3.05) is 35.0 Å². The SMILES string of the molecule is C=C(CCC(CCC(=C)c1ccc(OC)c(OC)c1)(CCC(=O)c1ccc(CC)c(OC)c1)COC(=C)c1ccc(OC)c(CC)c1)c1ccc(CC)cc1.CCC. The number of hydrogen-bond acceptors (Lipinski definition) is 6. The molecule has 0 saturated heterocycles. The molecule has 4 rings (SSSR count). The third kappa shape index (κ3) is 13.2. The van der Waals surface area contributed by atoms with Gasteiger partial charge in [0, 0.05) is 23.0 Å². The Balaban J connectivity index is 0.00000291. The molecule has 0 saturated carbocycles. The quantitative estimate of drug-likeness (QED) is 0.0551. The smallest absolute Gasteiger partial charge is 0.163 e. The van der Waals surface area contributed by atoms with Crippen LogP contribution < -0.4 is 18.9 Å². The van der Waals surface area contributed by atoms with Gasteiger partial charge in [0.05, 0.1) is 35.0 Å². The van der Waals surface area contributed by atoms with Crippen LogP contribution in [0.5, 0.6) is 23.0 Å². The van der Waals surface area contributed by atoms with E-state index >= 15 is 0 Å². The van der Waals surface area contributed by atoms with Crippen molar-refractivity contribution in [3.63, 3.8) is 0 Å². The number of ketones is 1. The number of Topliss-reactive ketones (excluding diaryl/α,β-unsaturated/α-hetero) is 1. The summed E-state index contributed by atoms with van der Waals surface area (Å²) in [6.45, 7) is 24.4. The van der Waals surface area contributed by atoms with Gasteiger partial charge in [-0.1, -0.05) is 103 Å². The number of carbonyl (C=O) groups excluding carboxylic acids is 1. The van der Waals surface area contributed by atoms with Crippen LogP contribution in [-0.4, -0.2) is 40.8 Å². The summed E-state index contributed by atoms with van der Waals surface area (Å²) < 4.78 is 29.0. The Morgan fingerprint density at radius 2 is 1.02 bits per heavy atom. The molecule has 0 radical (unpaired) electrons. The standard InChI is InChI=1S/C49H60O6.C3H8/c1-11-37-14-16-40(17-15-37)34(4)24-27-49(28-25-35(5)41-20-23-46(52-8)48(31-41)54-10,29-26-44(50)43-19-18-38(12-2)47(32-43)53-9)33-55-36(6)42-21-22-45(51-7)39(13-3)30-42;1-3-2/h14-23,30-32H,4-6,11-13,24-29,33H2,1-3,7-10H3;3H2,1-2H3. The van der Waals surface area contributed by atoms with Crippen molar-refractivity contribution in [3.8, 4) is 23.0 Å². The Hall–Kier alpha value is -5.23. The number of aryl methyl sites for hydroxylation is 3. The lowest BCUT2D eigenvalue weighted by Gasteiger charge is -2.35. The fourth-order valence-electron chi connectivity index (χ4n) is 7.03. The van der Waals surface area contributed by atoms with Gasteiger partial charge in [0.2, 0.25) is 0 Å². The number of rotatable bonds is 23. The molecule has 0 aliphatic carbocycles. The van der Waals surface area contributed by atoms with Crippen LogP contribution in [0.2, 0.25) is 0 Å². The molecule has 0 aliphatic rings. The van der Waals surface area contributed by atoms with Gasteiger partial charge in [-0.2, -0.15) is 0 Å². The second-order valence-electron chi connectivity index (χ2n) is 14.9. The lowest BCUT2D eigenvalue weighted by molar-refractivity contribution is 0.0809. The molecule has 0 heterocycles. The van der Waals surface area contributed by atoms with Gasteiger partial charge < -0.3 is 23.7 Å². The maximum Gasteiger partial charge on any atom is 0.163 e. The highest BCUT2D eigenvalue weighted by atomic mass is 16.5. The normalized spacial score (nSPS) is 11.7. The number of ether oxygens (including phenoxy) is 5. The topological polar surface area (TPSA) is 63.2 Å². The molecular formula is C52H68O6. The molecule has 0 N–H and O–H groups in total. The Kier molecular flexibility index (Phi) is 19.4. The van der Waals surface area contributed by atoms with Crippen molar-refractivity contribution >= 4 is 22.7 Å². The third-order valence-corrected chi connectivity index (χ3v) is 10.9. The fraction of sp³-hybridized carbons (Fsp3) is 0.404. The van der Waals surface area contributed by atoms with E-state index in [0.29, 0.717) is 48.7 Å². The fourth-order valence-corrected chi connectivity index (χ4v) is 7.03. The molecule has 0 aliphatic heterocycles. The Morgan fingerprint density at radius 3 is 1.59 bits per heavy atom. The second kappa shape index (κ2) is 23.9. The molecule has 6 nitrogen and oxygen atoms in total. The predicted molar refractivity (Wildman–Crippen MR) is 244 cm³/mol. The van der Waals surface area contributed by atoms with E-state index in [1.54, 1.807) is 28.4 Å². The van der Waals surface area contributed by atoms with Crippen molar-refractivity contribution in [2.24, 2.45) is 5.41 Å². The maximum absolute atomic E-state index is 14.0. The van der Waals surface area contributed by atoms with Crippen molar-refractivity contribution in [3.05, 3.63) is 138 Å². The van der Waals surface area contributed by atoms with Crippen LogP contribution in [0, 0.1) is 5.41 Å². The number of carbonyl (C=O) groups is 1. The van der Waals surface area contributed by atoms with Crippen LogP contribution >= 0.6 is 0 Å². The number of methoxy groups -OCH3 is 4. The van der Waals surface area contributed by atoms with E-state index in [1.807, 2.05) is 48.5 Å². The lowest BCUT2D eigenvalue weighted by Crippen LogP contribution is -2.28. The average molecular weight is 789 g/mol. The van der Waals surface area contributed by atoms with E-state index < -0.39 is 5.41 Å². The molecule has 1 atom stereocenters. The first-order valence-electron chi connectivity index (χ1n) is 20.8. The molecule has 0 amide bonds. The monoisotopic (exact) mass is 789 g/mol. The molecular weight excluding hydrogens is 721 g/mol. The minimum Gasteiger partial charge on any atom is -0.496 e. The number of allylic oxidation sites excluding steroid dienone is 2. The highest BCUT2D eigenvalue weighted by molar-refractivity contribution is 5.96. The first kappa shape index (κ1) is 47.1. The van der Waals surface area contributed by atoms with Crippen LogP contribution in [0.4, 0.5) is 0 Å². The van der Waals surface area contributed by atoms with Crippen molar-refractivity contribution in [1.29, 1.82) is 0 Å². The molecule has 312 valence electrons. The summed E-state index contributed by atoms with van der Waals surface area (Å²) in [6.07, 6.45) is 7.71. The highest BCUT2D eigenvalue weighted by Gasteiger charge is 2.33. The molecule has 58 heavy (non-hydrogen) atoms. The van der Waals surface area contributed by atoms with Crippen LogP contribution in [0.25, 0.3) is 16.9 Å². The van der Waals surface area contributed by atoms with Gasteiger partial charge in [-0.05, 0) is 127 Å². The van der Waals surface area contributed by atoms with Crippen LogP contribution in [0.15, 0.2) is 98.6 Å². The number of benzene rings is 4.